The molecule has 0 spiro atoms. The monoisotopic (exact) mass is 401 g/mol. The highest BCUT2D eigenvalue weighted by atomic mass is 79.9. The van der Waals surface area contributed by atoms with E-state index in [9.17, 15) is 0 Å². The van der Waals surface area contributed by atoms with E-state index in [-0.39, 0.29) is 6.04 Å². The number of nitrogens with one attached hydrogen (secondary N) is 1. The Morgan fingerprint density at radius 1 is 1.21 bits per heavy atom. The molecule has 1 nitrogen and oxygen atoms in total. The van der Waals surface area contributed by atoms with Gasteiger partial charge in [0.2, 0.25) is 0 Å². The van der Waals surface area contributed by atoms with Gasteiger partial charge in [0.15, 0.2) is 0 Å². The van der Waals surface area contributed by atoms with Crippen LogP contribution in [0.15, 0.2) is 33.2 Å². The molecule has 0 saturated heterocycles. The van der Waals surface area contributed by atoms with Gasteiger partial charge in [0.1, 0.15) is 0 Å². The van der Waals surface area contributed by atoms with Gasteiger partial charge in [0.25, 0.3) is 0 Å². The number of benzene rings is 1. The first-order chi connectivity index (χ1) is 9.02. The molecule has 0 aliphatic rings. The molecule has 0 bridgehead atoms. The summed E-state index contributed by atoms with van der Waals surface area (Å²) in [5.74, 6) is 0. The van der Waals surface area contributed by atoms with Crippen LogP contribution in [0, 0.1) is 13.8 Å². The van der Waals surface area contributed by atoms with E-state index in [1.807, 2.05) is 11.3 Å². The average Bonchev–Trinajstić information content (AvgIpc) is 2.66. The average molecular weight is 403 g/mol. The van der Waals surface area contributed by atoms with Crippen LogP contribution in [0.3, 0.4) is 0 Å². The van der Waals surface area contributed by atoms with Crippen molar-refractivity contribution in [3.63, 3.8) is 0 Å². The van der Waals surface area contributed by atoms with E-state index in [4.69, 9.17) is 0 Å². The zero-order valence-corrected chi connectivity index (χ0v) is 15.2. The van der Waals surface area contributed by atoms with Crippen molar-refractivity contribution in [3.05, 3.63) is 54.1 Å². The third kappa shape index (κ3) is 3.48. The fourth-order valence-corrected chi connectivity index (χ4v) is 4.66. The highest BCUT2D eigenvalue weighted by Crippen LogP contribution is 2.37. The van der Waals surface area contributed by atoms with Gasteiger partial charge in [-0.1, -0.05) is 28.9 Å². The van der Waals surface area contributed by atoms with Gasteiger partial charge in [0.05, 0.1) is 6.04 Å². The number of aryl methyl sites for hydroxylation is 2. The minimum atomic E-state index is 0.256. The standard InChI is InChI=1S/C15H17Br2NS/c1-4-18-14(15-13(17)8-10(3)19-15)12-6-5-11(16)7-9(12)2/h5-8,14,18H,4H2,1-3H3. The van der Waals surface area contributed by atoms with E-state index in [0.29, 0.717) is 0 Å². The Hall–Kier alpha value is -0.160. The predicted octanol–water partition coefficient (Wildman–Crippen LogP) is 5.59. The normalized spacial score (nSPS) is 12.7. The van der Waals surface area contributed by atoms with Gasteiger partial charge in [-0.3, -0.25) is 0 Å². The van der Waals surface area contributed by atoms with Crippen molar-refractivity contribution >= 4 is 43.2 Å². The van der Waals surface area contributed by atoms with Gasteiger partial charge in [-0.15, -0.1) is 11.3 Å². The lowest BCUT2D eigenvalue weighted by Gasteiger charge is -2.20. The predicted molar refractivity (Wildman–Crippen MR) is 91.2 cm³/mol. The summed E-state index contributed by atoms with van der Waals surface area (Å²) in [7, 11) is 0. The first-order valence-electron chi connectivity index (χ1n) is 6.28. The van der Waals surface area contributed by atoms with Gasteiger partial charge in [-0.05, 0) is 65.6 Å². The molecule has 1 aromatic heterocycles. The molecule has 1 heterocycles. The summed E-state index contributed by atoms with van der Waals surface area (Å²) < 4.78 is 2.33. The summed E-state index contributed by atoms with van der Waals surface area (Å²) >= 11 is 9.07. The molecule has 0 radical (unpaired) electrons. The molecule has 2 rings (SSSR count). The maximum atomic E-state index is 3.69. The maximum absolute atomic E-state index is 3.69. The van der Waals surface area contributed by atoms with Crippen molar-refractivity contribution in [1.29, 1.82) is 0 Å². The number of hydrogen-bond donors (Lipinski definition) is 1. The number of rotatable bonds is 4. The Balaban J connectivity index is 2.48. The second-order valence-corrected chi connectivity index (χ2v) is 7.62. The van der Waals surface area contributed by atoms with Gasteiger partial charge in [-0.2, -0.15) is 0 Å². The zero-order valence-electron chi connectivity index (χ0n) is 11.3. The fraction of sp³-hybridized carbons (Fsp3) is 0.333. The van der Waals surface area contributed by atoms with Crippen LogP contribution in [0.1, 0.15) is 33.8 Å². The summed E-state index contributed by atoms with van der Waals surface area (Å²) in [6.07, 6.45) is 0. The molecule has 0 aliphatic carbocycles. The van der Waals surface area contributed by atoms with Crippen molar-refractivity contribution in [2.75, 3.05) is 6.54 Å². The van der Waals surface area contributed by atoms with Crippen LogP contribution in [0.5, 0.6) is 0 Å². The molecule has 1 unspecified atom stereocenters. The molecule has 0 amide bonds. The minimum Gasteiger partial charge on any atom is -0.306 e. The fourth-order valence-electron chi connectivity index (χ4n) is 2.21. The lowest BCUT2D eigenvalue weighted by molar-refractivity contribution is 0.635. The van der Waals surface area contributed by atoms with E-state index >= 15 is 0 Å². The maximum Gasteiger partial charge on any atom is 0.0685 e. The van der Waals surface area contributed by atoms with Crippen LogP contribution >= 0.6 is 43.2 Å². The van der Waals surface area contributed by atoms with E-state index < -0.39 is 0 Å². The lowest BCUT2D eigenvalue weighted by atomic mass is 10.00. The second-order valence-electron chi connectivity index (χ2n) is 4.56. The Bertz CT molecular complexity index is 578. The Labute approximate surface area is 135 Å². The molecule has 2 aromatic rings. The lowest BCUT2D eigenvalue weighted by Crippen LogP contribution is -2.22. The van der Waals surface area contributed by atoms with Crippen LogP contribution in [-0.4, -0.2) is 6.54 Å². The summed E-state index contributed by atoms with van der Waals surface area (Å²) in [6, 6.07) is 8.94. The van der Waals surface area contributed by atoms with Crippen molar-refractivity contribution in [1.82, 2.24) is 5.32 Å². The third-order valence-electron chi connectivity index (χ3n) is 3.05. The van der Waals surface area contributed by atoms with E-state index in [1.165, 1.54) is 25.4 Å². The van der Waals surface area contributed by atoms with E-state index in [0.717, 1.165) is 11.0 Å². The van der Waals surface area contributed by atoms with Crippen LogP contribution in [-0.2, 0) is 0 Å². The van der Waals surface area contributed by atoms with Crippen LogP contribution in [0.4, 0.5) is 0 Å². The molecule has 0 saturated carbocycles. The Kier molecular flexibility index (Phi) is 5.23. The molecule has 0 aliphatic heterocycles. The van der Waals surface area contributed by atoms with Crippen LogP contribution in [0.25, 0.3) is 0 Å². The van der Waals surface area contributed by atoms with Crippen LogP contribution in [0.2, 0.25) is 0 Å². The first kappa shape index (κ1) is 15.2. The molecular formula is C15H17Br2NS. The molecule has 1 N–H and O–H groups in total. The van der Waals surface area contributed by atoms with Gasteiger partial charge in [-0.25, -0.2) is 0 Å². The first-order valence-corrected chi connectivity index (χ1v) is 8.68. The van der Waals surface area contributed by atoms with Gasteiger partial charge >= 0.3 is 0 Å². The summed E-state index contributed by atoms with van der Waals surface area (Å²) in [6.45, 7) is 7.41. The quantitative estimate of drug-likeness (QED) is 0.702. The molecule has 1 aromatic carbocycles. The summed E-state index contributed by atoms with van der Waals surface area (Å²) in [5, 5.41) is 3.59. The molecule has 102 valence electrons. The number of hydrogen-bond acceptors (Lipinski definition) is 2. The summed E-state index contributed by atoms with van der Waals surface area (Å²) in [4.78, 5) is 2.68. The van der Waals surface area contributed by atoms with Gasteiger partial charge in [0, 0.05) is 18.7 Å². The topological polar surface area (TPSA) is 12.0 Å². The van der Waals surface area contributed by atoms with Gasteiger partial charge < -0.3 is 5.32 Å². The van der Waals surface area contributed by atoms with Crippen molar-refractivity contribution in [2.45, 2.75) is 26.8 Å². The van der Waals surface area contributed by atoms with E-state index in [2.05, 4.69) is 82.2 Å². The van der Waals surface area contributed by atoms with Crippen molar-refractivity contribution < 1.29 is 0 Å². The van der Waals surface area contributed by atoms with Crippen molar-refractivity contribution in [2.24, 2.45) is 0 Å². The molecule has 19 heavy (non-hydrogen) atoms. The molecule has 1 atom stereocenters. The summed E-state index contributed by atoms with van der Waals surface area (Å²) in [5.41, 5.74) is 2.64. The Morgan fingerprint density at radius 2 is 1.95 bits per heavy atom. The minimum absolute atomic E-state index is 0.256. The van der Waals surface area contributed by atoms with Crippen molar-refractivity contribution in [3.8, 4) is 0 Å². The van der Waals surface area contributed by atoms with E-state index in [1.54, 1.807) is 0 Å². The zero-order chi connectivity index (χ0) is 14.0. The number of thiophene rings is 1. The molecule has 4 heteroatoms. The molecular weight excluding hydrogens is 386 g/mol. The third-order valence-corrected chi connectivity index (χ3v) is 5.58. The largest absolute Gasteiger partial charge is 0.306 e. The number of halogens is 2. The molecule has 0 fully saturated rings. The SMILES string of the molecule is CCNC(c1ccc(Br)cc1C)c1sc(C)cc1Br. The Morgan fingerprint density at radius 3 is 2.47 bits per heavy atom. The smallest absolute Gasteiger partial charge is 0.0685 e. The highest BCUT2D eigenvalue weighted by Gasteiger charge is 2.20. The second kappa shape index (κ2) is 6.53. The highest BCUT2D eigenvalue weighted by molar-refractivity contribution is 9.10. The van der Waals surface area contributed by atoms with Crippen LogP contribution < -0.4 is 5.32 Å².